The first-order valence-electron chi connectivity index (χ1n) is 8.30. The van der Waals surface area contributed by atoms with Crippen LogP contribution in [-0.2, 0) is 7.05 Å². The number of ether oxygens (including phenoxy) is 1. The summed E-state index contributed by atoms with van der Waals surface area (Å²) in [5.41, 5.74) is 7.45. The maximum absolute atomic E-state index is 5.87. The van der Waals surface area contributed by atoms with E-state index in [0.717, 1.165) is 10.9 Å². The van der Waals surface area contributed by atoms with Crippen molar-refractivity contribution in [3.05, 3.63) is 42.5 Å². The fraction of sp³-hybridized carbons (Fsp3) is 0.235. The highest BCUT2D eigenvalue weighted by molar-refractivity contribution is 5.93. The fourth-order valence-corrected chi connectivity index (χ4v) is 2.90. The maximum atomic E-state index is 5.87. The van der Waals surface area contributed by atoms with Crippen molar-refractivity contribution in [2.75, 3.05) is 18.2 Å². The zero-order chi connectivity index (χ0) is 19.0. The fourth-order valence-electron chi connectivity index (χ4n) is 2.90. The number of aromatic nitrogens is 7. The summed E-state index contributed by atoms with van der Waals surface area (Å²) in [4.78, 5) is 24.9. The molecule has 4 N–H and O–H groups in total. The highest BCUT2D eigenvalue weighted by Gasteiger charge is 2.21. The molecule has 10 heteroatoms. The predicted octanol–water partition coefficient (Wildman–Crippen LogP) is 1.97. The van der Waals surface area contributed by atoms with Crippen LogP contribution in [0.4, 0.5) is 17.6 Å². The Labute approximate surface area is 154 Å². The minimum Gasteiger partial charge on any atom is -0.494 e. The van der Waals surface area contributed by atoms with Crippen LogP contribution in [0.25, 0.3) is 11.0 Å². The number of imidazole rings is 1. The number of anilines is 3. The van der Waals surface area contributed by atoms with Gasteiger partial charge in [0.25, 0.3) is 0 Å². The van der Waals surface area contributed by atoms with Gasteiger partial charge in [-0.25, -0.2) is 15.0 Å². The van der Waals surface area contributed by atoms with Crippen LogP contribution in [0, 0.1) is 0 Å². The highest BCUT2D eigenvalue weighted by Crippen LogP contribution is 2.33. The summed E-state index contributed by atoms with van der Waals surface area (Å²) in [6.45, 7) is 2.02. The summed E-state index contributed by atoms with van der Waals surface area (Å²) >= 11 is 0. The van der Waals surface area contributed by atoms with Crippen molar-refractivity contribution in [3.63, 3.8) is 0 Å². The van der Waals surface area contributed by atoms with Gasteiger partial charge in [0.2, 0.25) is 5.95 Å². The number of aromatic amines is 1. The topological polar surface area (TPSA) is 132 Å². The van der Waals surface area contributed by atoms with Crippen molar-refractivity contribution in [1.82, 2.24) is 34.5 Å². The Morgan fingerprint density at radius 2 is 2.00 bits per heavy atom. The second-order valence-corrected chi connectivity index (χ2v) is 6.15. The molecule has 4 heterocycles. The molecule has 4 rings (SSSR count). The number of hydrogen-bond acceptors (Lipinski definition) is 8. The zero-order valence-corrected chi connectivity index (χ0v) is 15.1. The van der Waals surface area contributed by atoms with Gasteiger partial charge in [0.1, 0.15) is 23.1 Å². The molecule has 0 amide bonds. The van der Waals surface area contributed by atoms with Crippen LogP contribution in [0.2, 0.25) is 0 Å². The smallest absolute Gasteiger partial charge is 0.224 e. The molecule has 138 valence electrons. The van der Waals surface area contributed by atoms with Crippen molar-refractivity contribution in [2.45, 2.75) is 12.8 Å². The van der Waals surface area contributed by atoms with E-state index in [1.54, 1.807) is 25.8 Å². The number of nitrogens with two attached hydrogens (primary N) is 1. The molecule has 1 atom stereocenters. The number of rotatable bonds is 5. The van der Waals surface area contributed by atoms with E-state index in [-0.39, 0.29) is 11.9 Å². The second kappa shape index (κ2) is 6.56. The maximum Gasteiger partial charge on any atom is 0.224 e. The van der Waals surface area contributed by atoms with Gasteiger partial charge >= 0.3 is 0 Å². The molecule has 4 aromatic rings. The van der Waals surface area contributed by atoms with E-state index in [9.17, 15) is 0 Å². The third-order valence-corrected chi connectivity index (χ3v) is 4.27. The van der Waals surface area contributed by atoms with Crippen molar-refractivity contribution in [1.29, 1.82) is 0 Å². The van der Waals surface area contributed by atoms with Crippen LogP contribution >= 0.6 is 0 Å². The molecule has 0 saturated heterocycles. The molecule has 0 saturated carbocycles. The molecule has 0 aliphatic rings. The lowest BCUT2D eigenvalue weighted by atomic mass is 10.0. The van der Waals surface area contributed by atoms with E-state index in [1.165, 1.54) is 0 Å². The zero-order valence-electron chi connectivity index (χ0n) is 15.1. The van der Waals surface area contributed by atoms with Gasteiger partial charge in [-0.1, -0.05) is 6.92 Å². The Kier molecular flexibility index (Phi) is 4.07. The number of hydrogen-bond donors (Lipinski definition) is 3. The molecule has 0 aliphatic carbocycles. The minimum absolute atomic E-state index is 0.0961. The number of aryl methyl sites for hydroxylation is 1. The van der Waals surface area contributed by atoms with Crippen molar-refractivity contribution >= 4 is 28.6 Å². The van der Waals surface area contributed by atoms with E-state index < -0.39 is 0 Å². The largest absolute Gasteiger partial charge is 0.494 e. The number of nitrogens with one attached hydrogen (secondary N) is 2. The van der Waals surface area contributed by atoms with Gasteiger partial charge in [0.05, 0.1) is 31.2 Å². The molecule has 0 fully saturated rings. The average Bonchev–Trinajstić information content (AvgIpc) is 3.27. The number of fused-ring (bicyclic) bond motifs is 1. The van der Waals surface area contributed by atoms with Gasteiger partial charge in [-0.3, -0.25) is 0 Å². The van der Waals surface area contributed by atoms with Gasteiger partial charge < -0.3 is 25.3 Å². The molecule has 0 bridgehead atoms. The Bertz CT molecular complexity index is 1080. The molecule has 27 heavy (non-hydrogen) atoms. The van der Waals surface area contributed by atoms with Gasteiger partial charge in [-0.2, -0.15) is 9.97 Å². The van der Waals surface area contributed by atoms with Crippen LogP contribution < -0.4 is 15.8 Å². The monoisotopic (exact) mass is 365 g/mol. The Hall–Kier alpha value is -3.69. The third-order valence-electron chi connectivity index (χ3n) is 4.27. The van der Waals surface area contributed by atoms with Crippen LogP contribution in [0.15, 0.2) is 31.1 Å². The van der Waals surface area contributed by atoms with Crippen molar-refractivity contribution in [3.8, 4) is 5.75 Å². The third kappa shape index (κ3) is 3.12. The van der Waals surface area contributed by atoms with Crippen LogP contribution in [0.3, 0.4) is 0 Å². The van der Waals surface area contributed by atoms with E-state index in [4.69, 9.17) is 10.5 Å². The summed E-state index contributed by atoms with van der Waals surface area (Å²) in [6, 6.07) is 0. The van der Waals surface area contributed by atoms with Crippen LogP contribution in [0.5, 0.6) is 5.75 Å². The number of methoxy groups -OCH3 is 1. The van der Waals surface area contributed by atoms with E-state index in [1.807, 2.05) is 30.9 Å². The lowest BCUT2D eigenvalue weighted by Gasteiger charge is -2.12. The molecular formula is C17H19N9O. The predicted molar refractivity (Wildman–Crippen MR) is 101 cm³/mol. The number of nitrogen functional groups attached to an aromatic ring is 1. The quantitative estimate of drug-likeness (QED) is 0.489. The standard InChI is InChI=1S/C17H19N9O/c1-9(14-19-4-10(27-3)5-20-14)11-6-21-15-13(11)16(25-17(18)24-15)23-12-7-26(2)8-22-12/h4-9H,1-3H3,(H4,18,21,23,24,25). The summed E-state index contributed by atoms with van der Waals surface area (Å²) in [5, 5.41) is 4.04. The van der Waals surface area contributed by atoms with Crippen molar-refractivity contribution in [2.24, 2.45) is 7.05 Å². The minimum atomic E-state index is -0.0961. The molecule has 0 spiro atoms. The second-order valence-electron chi connectivity index (χ2n) is 6.15. The molecule has 4 aromatic heterocycles. The molecule has 1 unspecified atom stereocenters. The SMILES string of the molecule is COc1cnc(C(C)c2c[nH]c3nc(N)nc(Nc4cn(C)cn4)c23)nc1. The first-order valence-corrected chi connectivity index (χ1v) is 8.30. The lowest BCUT2D eigenvalue weighted by Crippen LogP contribution is -2.05. The van der Waals surface area contributed by atoms with Crippen LogP contribution in [-0.4, -0.2) is 41.6 Å². The van der Waals surface area contributed by atoms with Gasteiger partial charge in [-0.15, -0.1) is 0 Å². The normalized spacial score (nSPS) is 12.3. The van der Waals surface area contributed by atoms with E-state index in [0.29, 0.717) is 28.9 Å². The first-order chi connectivity index (χ1) is 13.0. The Morgan fingerprint density at radius 3 is 2.67 bits per heavy atom. The van der Waals surface area contributed by atoms with E-state index in [2.05, 4.69) is 35.2 Å². The summed E-state index contributed by atoms with van der Waals surface area (Å²) < 4.78 is 6.97. The number of H-pyrrole nitrogens is 1. The first kappa shape index (κ1) is 16.8. The number of nitrogens with zero attached hydrogens (tertiary/aromatic N) is 6. The van der Waals surface area contributed by atoms with Gasteiger partial charge in [0.15, 0.2) is 5.75 Å². The molecule has 0 aliphatic heterocycles. The van der Waals surface area contributed by atoms with Gasteiger partial charge in [0, 0.05) is 25.4 Å². The Morgan fingerprint density at radius 1 is 1.22 bits per heavy atom. The summed E-state index contributed by atoms with van der Waals surface area (Å²) in [6.07, 6.45) is 8.73. The molecule has 10 nitrogen and oxygen atoms in total. The van der Waals surface area contributed by atoms with Gasteiger partial charge in [-0.05, 0) is 5.56 Å². The summed E-state index contributed by atoms with van der Waals surface area (Å²) in [5.74, 6) is 2.59. The summed E-state index contributed by atoms with van der Waals surface area (Å²) in [7, 11) is 3.48. The highest BCUT2D eigenvalue weighted by atomic mass is 16.5. The molecule has 0 aromatic carbocycles. The molecular weight excluding hydrogens is 346 g/mol. The Balaban J connectivity index is 1.78. The molecule has 0 radical (unpaired) electrons. The lowest BCUT2D eigenvalue weighted by molar-refractivity contribution is 0.409. The van der Waals surface area contributed by atoms with E-state index >= 15 is 0 Å². The van der Waals surface area contributed by atoms with Crippen molar-refractivity contribution < 1.29 is 4.74 Å². The van der Waals surface area contributed by atoms with Crippen LogP contribution in [0.1, 0.15) is 24.2 Å². The average molecular weight is 365 g/mol.